The van der Waals surface area contributed by atoms with Crippen LogP contribution in [0.25, 0.3) is 0 Å². The van der Waals surface area contributed by atoms with Crippen LogP contribution in [-0.2, 0) is 0 Å². The Morgan fingerprint density at radius 1 is 0.889 bits per heavy atom. The number of nitrogens with zero attached hydrogens (tertiary/aromatic N) is 2. The quantitative estimate of drug-likeness (QED) is 0.795. The second-order valence-corrected chi connectivity index (χ2v) is 8.74. The van der Waals surface area contributed by atoms with Crippen molar-refractivity contribution in [2.24, 2.45) is 0 Å². The molecule has 0 aliphatic carbocycles. The highest BCUT2D eigenvalue weighted by Crippen LogP contribution is 2.44. The molecular weight excluding hydrogens is 356 g/mol. The molecule has 1 spiro atoms. The molecule has 0 atom stereocenters. The second-order valence-electron chi connectivity index (χ2n) is 7.28. The number of amides is 2. The van der Waals surface area contributed by atoms with Crippen LogP contribution in [0, 0.1) is 6.92 Å². The SMILES string of the molecule is Cc1cccc(C(=O)N2CCSC23CCN(C(=O)c2ccccc2)CC3)c1. The summed E-state index contributed by atoms with van der Waals surface area (Å²) < 4.78 is 0. The summed E-state index contributed by atoms with van der Waals surface area (Å²) in [6, 6.07) is 17.3. The number of hydrogen-bond donors (Lipinski definition) is 0. The lowest BCUT2D eigenvalue weighted by Crippen LogP contribution is -2.53. The monoisotopic (exact) mass is 380 g/mol. The topological polar surface area (TPSA) is 40.6 Å². The van der Waals surface area contributed by atoms with Crippen molar-refractivity contribution in [2.75, 3.05) is 25.4 Å². The van der Waals surface area contributed by atoms with Crippen molar-refractivity contribution in [3.05, 3.63) is 71.3 Å². The van der Waals surface area contributed by atoms with Crippen molar-refractivity contribution in [1.29, 1.82) is 0 Å². The van der Waals surface area contributed by atoms with Crippen LogP contribution in [0.5, 0.6) is 0 Å². The molecule has 2 aromatic rings. The predicted molar refractivity (Wildman–Crippen MR) is 109 cm³/mol. The minimum atomic E-state index is -0.172. The standard InChI is InChI=1S/C22H24N2O2S/c1-17-6-5-9-19(16-17)21(26)24-14-15-27-22(24)10-12-23(13-11-22)20(25)18-7-3-2-4-8-18/h2-9,16H,10-15H2,1H3. The van der Waals surface area contributed by atoms with Gasteiger partial charge >= 0.3 is 0 Å². The van der Waals surface area contributed by atoms with Crippen molar-refractivity contribution < 1.29 is 9.59 Å². The Balaban J connectivity index is 1.48. The summed E-state index contributed by atoms with van der Waals surface area (Å²) in [7, 11) is 0. The number of thioether (sulfide) groups is 1. The first-order valence-electron chi connectivity index (χ1n) is 9.46. The highest BCUT2D eigenvalue weighted by Gasteiger charge is 2.47. The summed E-state index contributed by atoms with van der Waals surface area (Å²) in [5.41, 5.74) is 2.60. The Hall–Kier alpha value is -2.27. The van der Waals surface area contributed by atoms with E-state index in [1.165, 1.54) is 0 Å². The third-order valence-electron chi connectivity index (χ3n) is 5.54. The molecule has 0 radical (unpaired) electrons. The lowest BCUT2D eigenvalue weighted by atomic mass is 9.99. The number of likely N-dealkylation sites (tertiary alicyclic amines) is 1. The third-order valence-corrected chi connectivity index (χ3v) is 7.09. The van der Waals surface area contributed by atoms with Gasteiger partial charge in [-0.25, -0.2) is 0 Å². The van der Waals surface area contributed by atoms with Gasteiger partial charge in [0.1, 0.15) is 0 Å². The van der Waals surface area contributed by atoms with Crippen LogP contribution in [0.4, 0.5) is 0 Å². The molecule has 2 aliphatic heterocycles. The van der Waals surface area contributed by atoms with Crippen molar-refractivity contribution in [3.63, 3.8) is 0 Å². The maximum absolute atomic E-state index is 13.1. The molecule has 0 aromatic heterocycles. The molecule has 27 heavy (non-hydrogen) atoms. The number of hydrogen-bond acceptors (Lipinski definition) is 3. The number of rotatable bonds is 2. The van der Waals surface area contributed by atoms with Gasteiger partial charge in [-0.2, -0.15) is 0 Å². The van der Waals surface area contributed by atoms with E-state index in [4.69, 9.17) is 0 Å². The minimum Gasteiger partial charge on any atom is -0.338 e. The maximum atomic E-state index is 13.1. The fourth-order valence-corrected chi connectivity index (χ4v) is 5.52. The molecule has 0 saturated carbocycles. The average molecular weight is 381 g/mol. The Morgan fingerprint density at radius 3 is 2.30 bits per heavy atom. The first kappa shape index (κ1) is 18.1. The van der Waals surface area contributed by atoms with Gasteiger partial charge in [-0.3, -0.25) is 9.59 Å². The highest BCUT2D eigenvalue weighted by molar-refractivity contribution is 8.00. The average Bonchev–Trinajstić information content (AvgIpc) is 3.11. The van der Waals surface area contributed by atoms with Crippen LogP contribution in [0.1, 0.15) is 39.1 Å². The van der Waals surface area contributed by atoms with E-state index in [1.54, 1.807) is 0 Å². The van der Waals surface area contributed by atoms with Crippen LogP contribution in [0.2, 0.25) is 0 Å². The molecule has 2 amide bonds. The maximum Gasteiger partial charge on any atom is 0.255 e. The molecule has 2 heterocycles. The first-order chi connectivity index (χ1) is 13.1. The third kappa shape index (κ3) is 3.48. The van der Waals surface area contributed by atoms with E-state index in [-0.39, 0.29) is 16.7 Å². The number of carbonyl (C=O) groups excluding carboxylic acids is 2. The molecule has 0 N–H and O–H groups in total. The highest BCUT2D eigenvalue weighted by atomic mass is 32.2. The van der Waals surface area contributed by atoms with E-state index in [0.717, 1.165) is 41.8 Å². The Kier molecular flexibility index (Phi) is 4.96. The molecule has 140 valence electrons. The van der Waals surface area contributed by atoms with Gasteiger partial charge in [0.05, 0.1) is 4.87 Å². The van der Waals surface area contributed by atoms with Crippen LogP contribution in [0.15, 0.2) is 54.6 Å². The van der Waals surface area contributed by atoms with Crippen molar-refractivity contribution in [3.8, 4) is 0 Å². The van der Waals surface area contributed by atoms with Crippen LogP contribution in [0.3, 0.4) is 0 Å². The zero-order valence-electron chi connectivity index (χ0n) is 15.6. The summed E-state index contributed by atoms with van der Waals surface area (Å²) >= 11 is 1.88. The van der Waals surface area contributed by atoms with E-state index in [1.807, 2.05) is 78.2 Å². The number of benzene rings is 2. The van der Waals surface area contributed by atoms with Crippen molar-refractivity contribution in [2.45, 2.75) is 24.6 Å². The first-order valence-corrected chi connectivity index (χ1v) is 10.4. The number of aryl methyl sites for hydroxylation is 1. The summed E-state index contributed by atoms with van der Waals surface area (Å²) in [6.07, 6.45) is 1.65. The molecule has 0 unspecified atom stereocenters. The van der Waals surface area contributed by atoms with Crippen LogP contribution in [-0.4, -0.2) is 51.9 Å². The van der Waals surface area contributed by atoms with Gasteiger partial charge in [0, 0.05) is 36.5 Å². The molecular formula is C22H24N2O2S. The van der Waals surface area contributed by atoms with Crippen LogP contribution < -0.4 is 0 Å². The predicted octanol–water partition coefficient (Wildman–Crippen LogP) is 3.82. The van der Waals surface area contributed by atoms with Gasteiger partial charge < -0.3 is 9.80 Å². The van der Waals surface area contributed by atoms with Crippen LogP contribution >= 0.6 is 11.8 Å². The van der Waals surface area contributed by atoms with E-state index >= 15 is 0 Å². The van der Waals surface area contributed by atoms with E-state index in [2.05, 4.69) is 4.90 Å². The van der Waals surface area contributed by atoms with Gasteiger partial charge in [0.25, 0.3) is 11.8 Å². The fourth-order valence-electron chi connectivity index (χ4n) is 4.07. The van der Waals surface area contributed by atoms with Gasteiger partial charge in [0.15, 0.2) is 0 Å². The molecule has 2 fully saturated rings. The minimum absolute atomic E-state index is 0.0880. The smallest absolute Gasteiger partial charge is 0.255 e. The molecule has 0 bridgehead atoms. The summed E-state index contributed by atoms with van der Waals surface area (Å²) in [6.45, 7) is 4.18. The molecule has 4 nitrogen and oxygen atoms in total. The molecule has 4 rings (SSSR count). The van der Waals surface area contributed by atoms with Gasteiger partial charge in [0.2, 0.25) is 0 Å². The van der Waals surface area contributed by atoms with E-state index < -0.39 is 0 Å². The Labute approximate surface area is 164 Å². The fraction of sp³-hybridized carbons (Fsp3) is 0.364. The molecule has 2 aliphatic rings. The van der Waals surface area contributed by atoms with Gasteiger partial charge in [-0.1, -0.05) is 35.9 Å². The zero-order valence-corrected chi connectivity index (χ0v) is 16.4. The zero-order chi connectivity index (χ0) is 18.9. The number of piperidine rings is 1. The molecule has 2 saturated heterocycles. The number of carbonyl (C=O) groups is 2. The second kappa shape index (κ2) is 7.39. The summed E-state index contributed by atoms with van der Waals surface area (Å²) in [5, 5.41) is 0. The lowest BCUT2D eigenvalue weighted by molar-refractivity contribution is 0.0497. The Bertz CT molecular complexity index is 844. The van der Waals surface area contributed by atoms with E-state index in [0.29, 0.717) is 13.1 Å². The Morgan fingerprint density at radius 2 is 1.59 bits per heavy atom. The summed E-state index contributed by atoms with van der Waals surface area (Å²) in [4.78, 5) is 29.7. The van der Waals surface area contributed by atoms with Gasteiger partial charge in [-0.05, 0) is 44.0 Å². The summed E-state index contributed by atoms with van der Waals surface area (Å²) in [5.74, 6) is 1.17. The largest absolute Gasteiger partial charge is 0.338 e. The molecule has 2 aromatic carbocycles. The van der Waals surface area contributed by atoms with Gasteiger partial charge in [-0.15, -0.1) is 11.8 Å². The normalized spacial score (nSPS) is 18.7. The lowest BCUT2D eigenvalue weighted by Gasteiger charge is -2.44. The molecule has 5 heteroatoms. The van der Waals surface area contributed by atoms with E-state index in [9.17, 15) is 9.59 Å². The van der Waals surface area contributed by atoms with Crippen molar-refractivity contribution >= 4 is 23.6 Å². The van der Waals surface area contributed by atoms with Crippen molar-refractivity contribution in [1.82, 2.24) is 9.80 Å².